The maximum Gasteiger partial charge on any atom is 0.243 e. The highest BCUT2D eigenvalue weighted by molar-refractivity contribution is 7.99. The van der Waals surface area contributed by atoms with E-state index in [9.17, 15) is 8.42 Å². The minimum absolute atomic E-state index is 0.293. The Bertz CT molecular complexity index is 1080. The van der Waals surface area contributed by atoms with Crippen LogP contribution in [0.15, 0.2) is 52.8 Å². The molecule has 0 radical (unpaired) electrons. The molecule has 9 heteroatoms. The average molecular weight is 433 g/mol. The normalized spacial score (nSPS) is 15.8. The SMILES string of the molecule is CCn1c(SCCc2ccncc2)nc2cc(S(=O)(=O)N3CCOCC3)ccc21. The maximum absolute atomic E-state index is 12.9. The fraction of sp³-hybridized carbons (Fsp3) is 0.400. The summed E-state index contributed by atoms with van der Waals surface area (Å²) in [4.78, 5) is 9.08. The van der Waals surface area contributed by atoms with Gasteiger partial charge in [0.1, 0.15) is 0 Å². The molecule has 7 nitrogen and oxygen atoms in total. The van der Waals surface area contributed by atoms with Crippen molar-refractivity contribution in [3.05, 3.63) is 48.3 Å². The standard InChI is InChI=1S/C20H24N4O3S2/c1-2-24-19-4-3-17(29(25,26)23-10-12-27-13-11-23)15-18(19)22-20(24)28-14-7-16-5-8-21-9-6-16/h3-6,8-9,15H,2,7,10-14H2,1H3. The Balaban J connectivity index is 1.57. The van der Waals surface area contributed by atoms with E-state index in [2.05, 4.69) is 16.5 Å². The van der Waals surface area contributed by atoms with Crippen LogP contribution in [0.5, 0.6) is 0 Å². The zero-order valence-electron chi connectivity index (χ0n) is 16.3. The van der Waals surface area contributed by atoms with Gasteiger partial charge in [0.2, 0.25) is 10.0 Å². The monoisotopic (exact) mass is 432 g/mol. The summed E-state index contributed by atoms with van der Waals surface area (Å²) < 4.78 is 34.8. The largest absolute Gasteiger partial charge is 0.379 e. The lowest BCUT2D eigenvalue weighted by molar-refractivity contribution is 0.0730. The smallest absolute Gasteiger partial charge is 0.243 e. The molecule has 0 spiro atoms. The predicted octanol–water partition coefficient (Wildman–Crippen LogP) is 2.81. The molecule has 0 aliphatic carbocycles. The van der Waals surface area contributed by atoms with Gasteiger partial charge >= 0.3 is 0 Å². The quantitative estimate of drug-likeness (QED) is 0.535. The summed E-state index contributed by atoms with van der Waals surface area (Å²) in [7, 11) is -3.53. The second-order valence-electron chi connectivity index (χ2n) is 6.76. The van der Waals surface area contributed by atoms with Crippen LogP contribution in [0.1, 0.15) is 12.5 Å². The molecule has 3 heterocycles. The van der Waals surface area contributed by atoms with Crippen molar-refractivity contribution in [1.29, 1.82) is 0 Å². The summed E-state index contributed by atoms with van der Waals surface area (Å²) in [6, 6.07) is 9.29. The number of morpholine rings is 1. The first-order chi connectivity index (χ1) is 14.1. The number of ether oxygens (including phenoxy) is 1. The van der Waals surface area contributed by atoms with Crippen molar-refractivity contribution in [2.45, 2.75) is 29.9 Å². The van der Waals surface area contributed by atoms with Gasteiger partial charge in [0.15, 0.2) is 5.16 Å². The van der Waals surface area contributed by atoms with Gasteiger partial charge in [-0.3, -0.25) is 4.98 Å². The molecular formula is C20H24N4O3S2. The highest BCUT2D eigenvalue weighted by Gasteiger charge is 2.27. The third-order valence-electron chi connectivity index (χ3n) is 4.98. The van der Waals surface area contributed by atoms with E-state index in [-0.39, 0.29) is 0 Å². The van der Waals surface area contributed by atoms with Gasteiger partial charge in [-0.1, -0.05) is 11.8 Å². The summed E-state index contributed by atoms with van der Waals surface area (Å²) in [6.45, 7) is 4.50. The van der Waals surface area contributed by atoms with E-state index in [0.29, 0.717) is 36.7 Å². The average Bonchev–Trinajstić information content (AvgIpc) is 3.11. The van der Waals surface area contributed by atoms with Crippen molar-refractivity contribution in [2.75, 3.05) is 32.1 Å². The molecule has 0 unspecified atom stereocenters. The lowest BCUT2D eigenvalue weighted by Crippen LogP contribution is -2.40. The second kappa shape index (κ2) is 8.83. The first kappa shape index (κ1) is 20.3. The molecule has 2 aromatic heterocycles. The molecule has 154 valence electrons. The number of imidazole rings is 1. The summed E-state index contributed by atoms with van der Waals surface area (Å²) in [5, 5.41) is 0.914. The molecule has 0 N–H and O–H groups in total. The molecule has 29 heavy (non-hydrogen) atoms. The number of hydrogen-bond donors (Lipinski definition) is 0. The summed E-state index contributed by atoms with van der Waals surface area (Å²) >= 11 is 1.69. The maximum atomic E-state index is 12.9. The topological polar surface area (TPSA) is 77.3 Å². The Kier molecular flexibility index (Phi) is 6.19. The number of benzene rings is 1. The number of aromatic nitrogens is 3. The van der Waals surface area contributed by atoms with Crippen molar-refractivity contribution >= 4 is 32.8 Å². The van der Waals surface area contributed by atoms with Gasteiger partial charge in [-0.25, -0.2) is 13.4 Å². The molecule has 0 atom stereocenters. The van der Waals surface area contributed by atoms with Crippen molar-refractivity contribution in [1.82, 2.24) is 18.8 Å². The minimum Gasteiger partial charge on any atom is -0.379 e. The van der Waals surface area contributed by atoms with Crippen molar-refractivity contribution in [3.63, 3.8) is 0 Å². The van der Waals surface area contributed by atoms with Gasteiger partial charge in [-0.2, -0.15) is 4.31 Å². The van der Waals surface area contributed by atoms with Crippen LogP contribution in [0.4, 0.5) is 0 Å². The number of pyridine rings is 1. The zero-order valence-corrected chi connectivity index (χ0v) is 18.0. The number of thioether (sulfide) groups is 1. The number of nitrogens with zero attached hydrogens (tertiary/aromatic N) is 4. The zero-order chi connectivity index (χ0) is 20.3. The van der Waals surface area contributed by atoms with Crippen LogP contribution in [0.2, 0.25) is 0 Å². The van der Waals surface area contributed by atoms with Crippen LogP contribution in [0, 0.1) is 0 Å². The number of rotatable bonds is 7. The van der Waals surface area contributed by atoms with E-state index in [4.69, 9.17) is 9.72 Å². The van der Waals surface area contributed by atoms with Crippen LogP contribution >= 0.6 is 11.8 Å². The fourth-order valence-corrected chi connectivity index (χ4v) is 5.90. The fourth-order valence-electron chi connectivity index (χ4n) is 3.41. The van der Waals surface area contributed by atoms with Crippen LogP contribution in [-0.2, 0) is 27.7 Å². The lowest BCUT2D eigenvalue weighted by Gasteiger charge is -2.26. The molecule has 4 rings (SSSR count). The van der Waals surface area contributed by atoms with E-state index < -0.39 is 10.0 Å². The van der Waals surface area contributed by atoms with Crippen LogP contribution in [0.3, 0.4) is 0 Å². The molecule has 0 bridgehead atoms. The molecular weight excluding hydrogens is 408 g/mol. The van der Waals surface area contributed by atoms with Crippen molar-refractivity contribution < 1.29 is 13.2 Å². The van der Waals surface area contributed by atoms with E-state index in [1.54, 1.807) is 36.3 Å². The minimum atomic E-state index is -3.53. The number of hydrogen-bond acceptors (Lipinski definition) is 6. The lowest BCUT2D eigenvalue weighted by atomic mass is 10.2. The Morgan fingerprint density at radius 1 is 1.14 bits per heavy atom. The summed E-state index contributed by atoms with van der Waals surface area (Å²) in [6.07, 6.45) is 4.53. The Morgan fingerprint density at radius 2 is 1.90 bits per heavy atom. The predicted molar refractivity (Wildman–Crippen MR) is 114 cm³/mol. The second-order valence-corrected chi connectivity index (χ2v) is 9.76. The first-order valence-electron chi connectivity index (χ1n) is 9.69. The van der Waals surface area contributed by atoms with Gasteiger partial charge < -0.3 is 9.30 Å². The Hall–Kier alpha value is -1.94. The van der Waals surface area contributed by atoms with E-state index in [1.807, 2.05) is 18.2 Å². The van der Waals surface area contributed by atoms with Gasteiger partial charge in [-0.05, 0) is 49.2 Å². The number of sulfonamides is 1. The molecule has 1 saturated heterocycles. The van der Waals surface area contributed by atoms with Crippen molar-refractivity contribution in [3.8, 4) is 0 Å². The molecule has 1 aliphatic heterocycles. The van der Waals surface area contributed by atoms with Crippen LogP contribution in [-0.4, -0.2) is 59.3 Å². The van der Waals surface area contributed by atoms with Crippen molar-refractivity contribution in [2.24, 2.45) is 0 Å². The molecule has 0 saturated carbocycles. The summed E-state index contributed by atoms with van der Waals surface area (Å²) in [5.41, 5.74) is 2.91. The summed E-state index contributed by atoms with van der Waals surface area (Å²) in [5.74, 6) is 0.895. The van der Waals surface area contributed by atoms with Crippen LogP contribution in [0.25, 0.3) is 11.0 Å². The Labute approximate surface area is 175 Å². The van der Waals surface area contributed by atoms with Gasteiger partial charge in [0, 0.05) is 37.8 Å². The third kappa shape index (κ3) is 4.32. The third-order valence-corrected chi connectivity index (χ3v) is 7.85. The van der Waals surface area contributed by atoms with E-state index in [0.717, 1.165) is 29.4 Å². The number of aryl methyl sites for hydroxylation is 2. The molecule has 1 aliphatic rings. The molecule has 0 amide bonds. The van der Waals surface area contributed by atoms with E-state index in [1.165, 1.54) is 9.87 Å². The van der Waals surface area contributed by atoms with Crippen LogP contribution < -0.4 is 0 Å². The molecule has 1 aromatic carbocycles. The van der Waals surface area contributed by atoms with Gasteiger partial charge in [-0.15, -0.1) is 0 Å². The van der Waals surface area contributed by atoms with Gasteiger partial charge in [0.05, 0.1) is 29.1 Å². The highest BCUT2D eigenvalue weighted by Crippen LogP contribution is 2.28. The number of fused-ring (bicyclic) bond motifs is 1. The molecule has 3 aromatic rings. The first-order valence-corrected chi connectivity index (χ1v) is 12.1. The van der Waals surface area contributed by atoms with Gasteiger partial charge in [0.25, 0.3) is 0 Å². The highest BCUT2D eigenvalue weighted by atomic mass is 32.2. The molecule has 1 fully saturated rings. The Morgan fingerprint density at radius 3 is 2.62 bits per heavy atom. The van der Waals surface area contributed by atoms with E-state index >= 15 is 0 Å².